The Bertz CT molecular complexity index is 7300. The zero-order valence-corrected chi connectivity index (χ0v) is 62.4. The van der Waals surface area contributed by atoms with Crippen molar-refractivity contribution >= 4 is 107 Å². The van der Waals surface area contributed by atoms with Crippen molar-refractivity contribution in [2.45, 2.75) is 0 Å². The number of aromatic nitrogens is 8. The topological polar surface area (TPSA) is 98.1 Å². The molecule has 22 aromatic rings. The van der Waals surface area contributed by atoms with Crippen LogP contribution in [0.1, 0.15) is 41.6 Å². The van der Waals surface area contributed by atoms with Gasteiger partial charge in [0.1, 0.15) is 5.82 Å². The zero-order valence-electron chi connectivity index (χ0n) is 88.8. The van der Waals surface area contributed by atoms with Gasteiger partial charge in [-0.05, 0) is 106 Å². The van der Waals surface area contributed by atoms with Gasteiger partial charge in [-0.15, -0.1) is 22.7 Å². The number of H-pyrrole nitrogens is 1. The van der Waals surface area contributed by atoms with Crippen LogP contribution in [0.2, 0.25) is 0 Å². The molecule has 6 heterocycles. The first-order valence-electron chi connectivity index (χ1n) is 51.6. The quantitative estimate of drug-likeness (QED) is 0.139. The van der Waals surface area contributed by atoms with Gasteiger partial charge in [-0.25, -0.2) is 34.3 Å². The average Bonchev–Trinajstić information content (AvgIpc) is 1.58. The molecule has 22 rings (SSSR count). The van der Waals surface area contributed by atoms with Gasteiger partial charge in [0.2, 0.25) is 0 Å². The first-order chi connectivity index (χ1) is 69.9. The number of nitrogens with zero attached hydrogens (tertiary/aromatic N) is 7. The maximum Gasteiger partial charge on any atom is 0.164 e. The van der Waals surface area contributed by atoms with Gasteiger partial charge in [0.05, 0.1) is 16.7 Å². The van der Waals surface area contributed by atoms with E-state index in [-0.39, 0.29) is 5.82 Å². The van der Waals surface area contributed by atoms with Crippen LogP contribution in [-0.2, 0) is 0 Å². The van der Waals surface area contributed by atoms with E-state index in [1.165, 1.54) is 101 Å². The van der Waals surface area contributed by atoms with Crippen LogP contribution in [0.25, 0.3) is 202 Å². The molecule has 0 saturated heterocycles. The predicted octanol–water partition coefficient (Wildman–Crippen LogP) is 31.2. The van der Waals surface area contributed by atoms with E-state index < -0.39 is 0 Å². The number of hydrogen-bond donors (Lipinski definition) is 1. The molecular formula is C102H93FN8S2. The summed E-state index contributed by atoms with van der Waals surface area (Å²) in [6.45, 7) is 0. The van der Waals surface area contributed by atoms with Crippen LogP contribution in [0.3, 0.4) is 0 Å². The Hall–Kier alpha value is -14.5. The molecule has 0 aliphatic heterocycles. The van der Waals surface area contributed by atoms with E-state index in [1.54, 1.807) is 12.1 Å². The Labute approximate surface area is 701 Å². The summed E-state index contributed by atoms with van der Waals surface area (Å²) in [5, 5.41) is 10.3. The van der Waals surface area contributed by atoms with E-state index in [1.807, 2.05) is 174 Å². The van der Waals surface area contributed by atoms with Crippen LogP contribution in [0.4, 0.5) is 4.39 Å². The second kappa shape index (κ2) is 29.5. The first-order valence-corrected chi connectivity index (χ1v) is 39.2. The summed E-state index contributed by atoms with van der Waals surface area (Å²) in [6, 6.07) is 133. The third-order valence-corrected chi connectivity index (χ3v) is 23.3. The van der Waals surface area contributed by atoms with Crippen molar-refractivity contribution in [2.75, 3.05) is 0 Å². The number of thiophene rings is 2. The second-order valence-corrected chi connectivity index (χ2v) is 29.9. The van der Waals surface area contributed by atoms with Crippen LogP contribution >= 0.6 is 22.7 Å². The normalized spacial score (nSPS) is 12.4. The van der Waals surface area contributed by atoms with Gasteiger partial charge < -0.3 is 9.55 Å². The van der Waals surface area contributed by atoms with Gasteiger partial charge in [-0.1, -0.05) is 315 Å². The molecule has 0 spiro atoms. The van der Waals surface area contributed by atoms with E-state index >= 15 is 0 Å². The highest BCUT2D eigenvalue weighted by atomic mass is 32.1. The molecular weight excluding hydrogens is 1420 g/mol. The van der Waals surface area contributed by atoms with Gasteiger partial charge in [0.15, 0.2) is 34.9 Å². The van der Waals surface area contributed by atoms with Crippen LogP contribution in [0, 0.1) is 5.82 Å². The third-order valence-electron chi connectivity index (χ3n) is 20.9. The molecule has 0 atom stereocenters. The van der Waals surface area contributed by atoms with Crippen molar-refractivity contribution in [1.29, 1.82) is 0 Å². The van der Waals surface area contributed by atoms with Crippen molar-refractivity contribution in [3.05, 3.63) is 394 Å². The SMILES string of the molecule is Fc1ccc(-c2nc(-c3ccccc3)nc(-c3ccccc3)n2)cc1-c1ccccc1.[2H][2H].[2H][2H].[2H][2H].[2H][2H].[2H][2H].[2H][2H].[2H][2H].[2H][2H].[2H][2H].[2H][2H].[2H][2H].[2H][2H].[2H][2H].[2H][2H].c1ccc(-c2nc(-c3ccccc3)nc(-c3ccc(-n4c5ccccc5c5ccc(-c6cccc7c6sc6ccccc67)cc54)c(-c4ccccc4)c3)n2)cc1.c1ccc2c(c1)[nH]c1cc(-c3cccc4c3sc3ccccc34)ccc12. The summed E-state index contributed by atoms with van der Waals surface area (Å²) >= 11 is 3.75. The lowest BCUT2D eigenvalue weighted by molar-refractivity contribution is 0.631. The van der Waals surface area contributed by atoms with Gasteiger partial charge in [-0.3, -0.25) is 0 Å². The number of nitrogens with one attached hydrogen (secondary N) is 1. The van der Waals surface area contributed by atoms with Crippen LogP contribution in [0.15, 0.2) is 388 Å². The summed E-state index contributed by atoms with van der Waals surface area (Å²) in [5.41, 5.74) is 19.7. The number of aromatic amines is 1. The van der Waals surface area contributed by atoms with Gasteiger partial charge >= 0.3 is 0 Å². The van der Waals surface area contributed by atoms with E-state index in [9.17, 15) is 4.39 Å². The maximum atomic E-state index is 14.6. The molecule has 11 heteroatoms. The third kappa shape index (κ3) is 13.0. The van der Waals surface area contributed by atoms with Crippen molar-refractivity contribution in [2.24, 2.45) is 0 Å². The molecule has 0 radical (unpaired) electrons. The molecule has 8 nitrogen and oxygen atoms in total. The molecule has 0 aliphatic carbocycles. The number of benzene rings is 16. The fourth-order valence-electron chi connectivity index (χ4n) is 15.5. The van der Waals surface area contributed by atoms with Crippen LogP contribution in [-0.4, -0.2) is 39.5 Å². The predicted molar refractivity (Wildman–Crippen MR) is 499 cm³/mol. The molecule has 0 fully saturated rings. The molecule has 6 aromatic heterocycles. The monoisotopic (exact) mass is 1540 g/mol. The molecule has 1 N–H and O–H groups in total. The Balaban J connectivity index is 0.000000306. The van der Waals surface area contributed by atoms with Crippen LogP contribution in [0.5, 0.6) is 0 Å². The molecule has 113 heavy (non-hydrogen) atoms. The second-order valence-electron chi connectivity index (χ2n) is 27.8. The smallest absolute Gasteiger partial charge is 0.164 e. The van der Waals surface area contributed by atoms with E-state index in [2.05, 4.69) is 228 Å². The average molecular weight is 1540 g/mol. The Morgan fingerprint density at radius 3 is 1.10 bits per heavy atom. The van der Waals surface area contributed by atoms with E-state index in [0.717, 1.165) is 66.8 Å². The van der Waals surface area contributed by atoms with E-state index in [4.69, 9.17) is 71.5 Å². The standard InChI is InChI=1S/C51H32N4S.C27H18FN3.C24H15NS.14H2/c1-4-15-33(16-5-1)43-31-37(51-53-49(34-17-6-2-7-18-34)52-50(54-51)35-19-8-3-9-20-35)28-30-45(43)55-44-25-12-10-21-39(44)40-29-27-36(32-46(40)55)38-23-14-24-42-41-22-11-13-26-47(41)56-48(38)42;28-24-17-16-22(18-23(24)19-10-4-1-5-11-19)27-30-25(20-12-6-2-7-13-20)29-26(31-27)21-14-8-3-9-15-21;1-3-10-21-17(6-1)18-13-12-15(14-22(18)25-21)16-8-5-9-20-19-7-2-4-11-23(19)26-24(16)20;;;;;;;;;;;;;;/h1-32H;1-18H;1-14,25H;14*1H/i;;;14*1+1D. The van der Waals surface area contributed by atoms with E-state index in [0.29, 0.717) is 40.5 Å². The zero-order chi connectivity index (χ0) is 103. The number of hydrogen-bond acceptors (Lipinski definition) is 8. The minimum atomic E-state index is -0.282. The van der Waals surface area contributed by atoms with Crippen molar-refractivity contribution < 1.29 is 46.0 Å². The van der Waals surface area contributed by atoms with Crippen LogP contribution < -0.4 is 0 Å². The summed E-state index contributed by atoms with van der Waals surface area (Å²) in [7, 11) is 0. The van der Waals surface area contributed by atoms with Gasteiger partial charge in [-0.2, -0.15) is 0 Å². The molecule has 0 bridgehead atoms. The Morgan fingerprint density at radius 2 is 0.593 bits per heavy atom. The number of rotatable bonds is 11. The molecule has 0 unspecified atom stereocenters. The van der Waals surface area contributed by atoms with Crippen molar-refractivity contribution in [3.8, 4) is 119 Å². The molecule has 560 valence electrons. The highest BCUT2D eigenvalue weighted by Crippen LogP contribution is 2.45. The lowest BCUT2D eigenvalue weighted by atomic mass is 9.99. The molecule has 0 saturated carbocycles. The maximum absolute atomic E-state index is 14.6. The first kappa shape index (κ1) is 54.2. The largest absolute Gasteiger partial charge is 0.354 e. The highest BCUT2D eigenvalue weighted by molar-refractivity contribution is 7.26. The Morgan fingerprint density at radius 1 is 0.239 bits per heavy atom. The van der Waals surface area contributed by atoms with Gasteiger partial charge in [0, 0.05) is 159 Å². The minimum Gasteiger partial charge on any atom is -0.354 e. The van der Waals surface area contributed by atoms with Gasteiger partial charge in [0.25, 0.3) is 0 Å². The highest BCUT2D eigenvalue weighted by Gasteiger charge is 2.22. The lowest BCUT2D eigenvalue weighted by Gasteiger charge is -2.16. The number of para-hydroxylation sites is 2. The minimum absolute atomic E-state index is 0.282. The summed E-state index contributed by atoms with van der Waals surface area (Å²) < 4.78 is 162. The van der Waals surface area contributed by atoms with Crippen molar-refractivity contribution in [1.82, 2.24) is 39.5 Å². The fourth-order valence-corrected chi connectivity index (χ4v) is 17.9. The van der Waals surface area contributed by atoms with Crippen molar-refractivity contribution in [3.63, 3.8) is 0 Å². The molecule has 16 aromatic carbocycles. The summed E-state index contributed by atoms with van der Waals surface area (Å²) in [4.78, 5) is 32.8. The lowest BCUT2D eigenvalue weighted by Crippen LogP contribution is -2.02. The number of fused-ring (bicyclic) bond motifs is 12. The fraction of sp³-hybridized carbons (Fsp3) is 0. The number of halogens is 1. The molecule has 0 amide bonds. The summed E-state index contributed by atoms with van der Waals surface area (Å²) in [5.74, 6) is 3.29. The summed E-state index contributed by atoms with van der Waals surface area (Å²) in [6.07, 6.45) is 0. The Kier molecular flexibility index (Phi) is 14.1. The molecule has 0 aliphatic rings.